The Hall–Kier alpha value is -2.83. The number of carbonyl (C=O) groups is 1. The molecule has 0 aliphatic rings. The van der Waals surface area contributed by atoms with Crippen LogP contribution in [0.1, 0.15) is 16.1 Å². The number of aryl methyl sites for hydroxylation is 2. The Bertz CT molecular complexity index is 1100. The second kappa shape index (κ2) is 8.04. The molecule has 2 aromatic carbocycles. The van der Waals surface area contributed by atoms with E-state index in [2.05, 4.69) is 46.5 Å². The molecule has 4 rings (SSSR count). The standard InChI is InChI=1S/C22H19N3OS2/c1-14-8-10-16(11-9-14)20-15(2)28-22(25-20)24-19(26)12-18-13-27-21(23-18)17-6-4-3-5-7-17/h3-11,13H,12H2,1-2H3,(H,24,25,26). The lowest BCUT2D eigenvalue weighted by molar-refractivity contribution is -0.115. The van der Waals surface area contributed by atoms with E-state index in [4.69, 9.17) is 0 Å². The number of benzene rings is 2. The fourth-order valence-corrected chi connectivity index (χ4v) is 4.54. The third kappa shape index (κ3) is 4.18. The van der Waals surface area contributed by atoms with E-state index < -0.39 is 0 Å². The predicted molar refractivity (Wildman–Crippen MR) is 117 cm³/mol. The van der Waals surface area contributed by atoms with Gasteiger partial charge >= 0.3 is 0 Å². The van der Waals surface area contributed by atoms with Crippen molar-refractivity contribution in [1.82, 2.24) is 9.97 Å². The van der Waals surface area contributed by atoms with E-state index in [9.17, 15) is 4.79 Å². The molecule has 0 aliphatic carbocycles. The Morgan fingerprint density at radius 1 is 0.964 bits per heavy atom. The maximum atomic E-state index is 12.4. The van der Waals surface area contributed by atoms with Gasteiger partial charge in [-0.2, -0.15) is 0 Å². The Morgan fingerprint density at radius 2 is 1.71 bits per heavy atom. The number of nitrogens with one attached hydrogen (secondary N) is 1. The van der Waals surface area contributed by atoms with Crippen molar-refractivity contribution >= 4 is 33.7 Å². The van der Waals surface area contributed by atoms with Crippen molar-refractivity contribution in [2.45, 2.75) is 20.3 Å². The minimum Gasteiger partial charge on any atom is -0.302 e. The molecule has 0 saturated heterocycles. The lowest BCUT2D eigenvalue weighted by Gasteiger charge is -2.00. The monoisotopic (exact) mass is 405 g/mol. The van der Waals surface area contributed by atoms with Crippen molar-refractivity contribution in [2.75, 3.05) is 5.32 Å². The second-order valence-electron chi connectivity index (χ2n) is 6.52. The number of rotatable bonds is 5. The van der Waals surface area contributed by atoms with Crippen LogP contribution in [-0.4, -0.2) is 15.9 Å². The second-order valence-corrected chi connectivity index (χ2v) is 8.59. The molecule has 6 heteroatoms. The van der Waals surface area contributed by atoms with Crippen molar-refractivity contribution in [3.8, 4) is 21.8 Å². The molecule has 0 atom stereocenters. The zero-order chi connectivity index (χ0) is 19.5. The summed E-state index contributed by atoms with van der Waals surface area (Å²) in [7, 11) is 0. The molecule has 0 fully saturated rings. The van der Waals surface area contributed by atoms with Gasteiger partial charge in [0, 0.05) is 21.4 Å². The number of amides is 1. The Balaban J connectivity index is 1.44. The summed E-state index contributed by atoms with van der Waals surface area (Å²) in [6.07, 6.45) is 0.238. The number of hydrogen-bond donors (Lipinski definition) is 1. The van der Waals surface area contributed by atoms with Crippen LogP contribution in [0.15, 0.2) is 60.0 Å². The predicted octanol–water partition coefficient (Wildman–Crippen LogP) is 5.73. The zero-order valence-electron chi connectivity index (χ0n) is 15.6. The third-order valence-corrected chi connectivity index (χ3v) is 6.11. The topological polar surface area (TPSA) is 54.9 Å². The molecule has 4 nitrogen and oxygen atoms in total. The van der Waals surface area contributed by atoms with E-state index in [0.29, 0.717) is 5.13 Å². The first-order chi connectivity index (χ1) is 13.6. The van der Waals surface area contributed by atoms with E-state index in [0.717, 1.165) is 32.4 Å². The molecule has 0 radical (unpaired) electrons. The van der Waals surface area contributed by atoms with Gasteiger partial charge in [0.25, 0.3) is 0 Å². The summed E-state index contributed by atoms with van der Waals surface area (Å²) in [6.45, 7) is 4.08. The minimum absolute atomic E-state index is 0.103. The minimum atomic E-state index is -0.103. The smallest absolute Gasteiger partial charge is 0.232 e. The van der Waals surface area contributed by atoms with Crippen LogP contribution < -0.4 is 5.32 Å². The Labute approximate surface area is 171 Å². The average Bonchev–Trinajstić information content (AvgIpc) is 3.30. The van der Waals surface area contributed by atoms with Gasteiger partial charge in [-0.25, -0.2) is 9.97 Å². The van der Waals surface area contributed by atoms with Crippen LogP contribution in [-0.2, 0) is 11.2 Å². The molecule has 140 valence electrons. The van der Waals surface area contributed by atoms with Gasteiger partial charge in [-0.1, -0.05) is 60.2 Å². The molecule has 1 N–H and O–H groups in total. The number of anilines is 1. The van der Waals surface area contributed by atoms with E-state index in [1.54, 1.807) is 11.3 Å². The summed E-state index contributed by atoms with van der Waals surface area (Å²) in [5.41, 5.74) is 5.03. The molecule has 1 amide bonds. The van der Waals surface area contributed by atoms with Crippen molar-refractivity contribution in [1.29, 1.82) is 0 Å². The Kier molecular flexibility index (Phi) is 5.32. The van der Waals surface area contributed by atoms with Gasteiger partial charge in [-0.3, -0.25) is 4.79 Å². The maximum Gasteiger partial charge on any atom is 0.232 e. The van der Waals surface area contributed by atoms with Crippen LogP contribution in [0.5, 0.6) is 0 Å². The van der Waals surface area contributed by atoms with Gasteiger partial charge in [0.2, 0.25) is 5.91 Å². The molecule has 4 aromatic rings. The van der Waals surface area contributed by atoms with Gasteiger partial charge in [0.15, 0.2) is 5.13 Å². The van der Waals surface area contributed by atoms with Crippen LogP contribution in [0, 0.1) is 13.8 Å². The fraction of sp³-hybridized carbons (Fsp3) is 0.136. The number of thiazole rings is 2. The highest BCUT2D eigenvalue weighted by Gasteiger charge is 2.14. The molecule has 28 heavy (non-hydrogen) atoms. The molecule has 2 aromatic heterocycles. The first-order valence-electron chi connectivity index (χ1n) is 8.92. The third-order valence-electron chi connectivity index (χ3n) is 4.28. The first-order valence-corrected chi connectivity index (χ1v) is 10.6. The van der Waals surface area contributed by atoms with Crippen LogP contribution in [0.25, 0.3) is 21.8 Å². The van der Waals surface area contributed by atoms with E-state index >= 15 is 0 Å². The number of aromatic nitrogens is 2. The van der Waals surface area contributed by atoms with Gasteiger partial charge in [0.05, 0.1) is 17.8 Å². The molecular formula is C22H19N3OS2. The lowest BCUT2D eigenvalue weighted by Crippen LogP contribution is -2.14. The molecule has 0 unspecified atom stereocenters. The normalized spacial score (nSPS) is 10.8. The lowest BCUT2D eigenvalue weighted by atomic mass is 10.1. The Morgan fingerprint density at radius 3 is 2.46 bits per heavy atom. The van der Waals surface area contributed by atoms with Crippen LogP contribution >= 0.6 is 22.7 Å². The number of hydrogen-bond acceptors (Lipinski definition) is 5. The molecule has 0 spiro atoms. The SMILES string of the molecule is Cc1ccc(-c2nc(NC(=O)Cc3csc(-c4ccccc4)n3)sc2C)cc1. The molecule has 0 saturated carbocycles. The zero-order valence-corrected chi connectivity index (χ0v) is 17.2. The largest absolute Gasteiger partial charge is 0.302 e. The summed E-state index contributed by atoms with van der Waals surface area (Å²) in [6, 6.07) is 18.2. The van der Waals surface area contributed by atoms with Crippen molar-refractivity contribution < 1.29 is 4.79 Å². The highest BCUT2D eigenvalue weighted by molar-refractivity contribution is 7.16. The fourth-order valence-electron chi connectivity index (χ4n) is 2.86. The number of carbonyl (C=O) groups excluding carboxylic acids is 1. The molecular weight excluding hydrogens is 386 g/mol. The van der Waals surface area contributed by atoms with Gasteiger partial charge in [0.1, 0.15) is 5.01 Å². The summed E-state index contributed by atoms with van der Waals surface area (Å²) < 4.78 is 0. The van der Waals surface area contributed by atoms with Crippen molar-refractivity contribution in [3.05, 3.63) is 76.1 Å². The van der Waals surface area contributed by atoms with E-state index in [1.807, 2.05) is 42.6 Å². The molecule has 0 aliphatic heterocycles. The quantitative estimate of drug-likeness (QED) is 0.461. The molecule has 0 bridgehead atoms. The van der Waals surface area contributed by atoms with Crippen molar-refractivity contribution in [2.24, 2.45) is 0 Å². The first kappa shape index (κ1) is 18.5. The van der Waals surface area contributed by atoms with Gasteiger partial charge < -0.3 is 5.32 Å². The average molecular weight is 406 g/mol. The maximum absolute atomic E-state index is 12.4. The van der Waals surface area contributed by atoms with Crippen LogP contribution in [0.3, 0.4) is 0 Å². The number of nitrogens with zero attached hydrogens (tertiary/aromatic N) is 2. The van der Waals surface area contributed by atoms with Crippen molar-refractivity contribution in [3.63, 3.8) is 0 Å². The summed E-state index contributed by atoms with van der Waals surface area (Å²) >= 11 is 3.05. The highest BCUT2D eigenvalue weighted by Crippen LogP contribution is 2.30. The summed E-state index contributed by atoms with van der Waals surface area (Å²) in [5, 5.41) is 6.40. The molecule has 2 heterocycles. The van der Waals surface area contributed by atoms with Gasteiger partial charge in [-0.15, -0.1) is 22.7 Å². The van der Waals surface area contributed by atoms with E-state index in [1.165, 1.54) is 16.9 Å². The van der Waals surface area contributed by atoms with Gasteiger partial charge in [-0.05, 0) is 13.8 Å². The summed E-state index contributed by atoms with van der Waals surface area (Å²) in [4.78, 5) is 22.7. The van der Waals surface area contributed by atoms with Crippen LogP contribution in [0.4, 0.5) is 5.13 Å². The van der Waals surface area contributed by atoms with E-state index in [-0.39, 0.29) is 12.3 Å². The summed E-state index contributed by atoms with van der Waals surface area (Å²) in [5.74, 6) is -0.103. The van der Waals surface area contributed by atoms with Crippen LogP contribution in [0.2, 0.25) is 0 Å². The highest BCUT2D eigenvalue weighted by atomic mass is 32.1.